The van der Waals surface area contributed by atoms with Crippen LogP contribution in [0, 0.1) is 12.3 Å². The van der Waals surface area contributed by atoms with Gasteiger partial charge in [0.15, 0.2) is 6.10 Å². The van der Waals surface area contributed by atoms with Gasteiger partial charge in [-0.05, 0) is 23.8 Å². The van der Waals surface area contributed by atoms with E-state index in [1.54, 1.807) is 13.0 Å². The van der Waals surface area contributed by atoms with E-state index in [0.717, 1.165) is 10.8 Å². The molecule has 0 aromatic heterocycles. The maximum absolute atomic E-state index is 11.8. The molecule has 0 aliphatic rings. The standard InChI is InChI=1S/C17H17NO3/c1-3-10-18-17(20)12(2)21-16-9-8-13-6-4-5-7-14(13)15(16)11-19/h1,4-9,12,19H,10-11H2,2H3,(H,18,20). The van der Waals surface area contributed by atoms with E-state index in [1.807, 2.05) is 30.3 Å². The third-order valence-electron chi connectivity index (χ3n) is 3.19. The van der Waals surface area contributed by atoms with Crippen molar-refractivity contribution in [2.24, 2.45) is 0 Å². The van der Waals surface area contributed by atoms with Crippen LogP contribution in [0.1, 0.15) is 12.5 Å². The van der Waals surface area contributed by atoms with E-state index in [2.05, 4.69) is 11.2 Å². The molecule has 1 unspecified atom stereocenters. The monoisotopic (exact) mass is 283 g/mol. The van der Waals surface area contributed by atoms with Crippen molar-refractivity contribution in [3.8, 4) is 18.1 Å². The first-order chi connectivity index (χ1) is 10.2. The van der Waals surface area contributed by atoms with E-state index in [0.29, 0.717) is 11.3 Å². The summed E-state index contributed by atoms with van der Waals surface area (Å²) in [6.45, 7) is 1.65. The normalized spacial score (nSPS) is 11.7. The number of carbonyl (C=O) groups is 1. The van der Waals surface area contributed by atoms with Crippen molar-refractivity contribution in [2.75, 3.05) is 6.54 Å². The van der Waals surface area contributed by atoms with Crippen molar-refractivity contribution >= 4 is 16.7 Å². The van der Waals surface area contributed by atoms with Crippen LogP contribution >= 0.6 is 0 Å². The van der Waals surface area contributed by atoms with Crippen molar-refractivity contribution in [1.82, 2.24) is 5.32 Å². The first-order valence-corrected chi connectivity index (χ1v) is 6.66. The lowest BCUT2D eigenvalue weighted by Crippen LogP contribution is -2.36. The Morgan fingerprint density at radius 2 is 2.14 bits per heavy atom. The first kappa shape index (κ1) is 14.9. The molecule has 2 aromatic rings. The predicted molar refractivity (Wildman–Crippen MR) is 81.8 cm³/mol. The summed E-state index contributed by atoms with van der Waals surface area (Å²) in [5.74, 6) is 2.55. The summed E-state index contributed by atoms with van der Waals surface area (Å²) in [4.78, 5) is 11.8. The molecule has 21 heavy (non-hydrogen) atoms. The van der Waals surface area contributed by atoms with Gasteiger partial charge in [0.1, 0.15) is 5.75 Å². The van der Waals surface area contributed by atoms with Crippen LogP contribution in [0.25, 0.3) is 10.8 Å². The number of nitrogens with one attached hydrogen (secondary N) is 1. The van der Waals surface area contributed by atoms with Gasteiger partial charge in [-0.1, -0.05) is 36.3 Å². The molecule has 0 saturated carbocycles. The Morgan fingerprint density at radius 3 is 2.86 bits per heavy atom. The molecule has 0 saturated heterocycles. The van der Waals surface area contributed by atoms with Crippen LogP contribution in [0.15, 0.2) is 36.4 Å². The van der Waals surface area contributed by atoms with Gasteiger partial charge in [-0.3, -0.25) is 4.79 Å². The van der Waals surface area contributed by atoms with Crippen LogP contribution < -0.4 is 10.1 Å². The Labute approximate surface area is 123 Å². The average Bonchev–Trinajstić information content (AvgIpc) is 2.52. The number of aliphatic hydroxyl groups is 1. The summed E-state index contributed by atoms with van der Waals surface area (Å²) >= 11 is 0. The van der Waals surface area contributed by atoms with Gasteiger partial charge in [0.05, 0.1) is 13.2 Å². The minimum Gasteiger partial charge on any atom is -0.481 e. The van der Waals surface area contributed by atoms with Crippen molar-refractivity contribution in [1.29, 1.82) is 0 Å². The number of aliphatic hydroxyl groups excluding tert-OH is 1. The molecule has 1 amide bonds. The molecule has 2 N–H and O–H groups in total. The zero-order valence-corrected chi connectivity index (χ0v) is 11.8. The smallest absolute Gasteiger partial charge is 0.261 e. The lowest BCUT2D eigenvalue weighted by Gasteiger charge is -2.17. The third-order valence-corrected chi connectivity index (χ3v) is 3.19. The molecule has 2 rings (SSSR count). The molecule has 4 nitrogen and oxygen atoms in total. The van der Waals surface area contributed by atoms with E-state index < -0.39 is 6.10 Å². The fraction of sp³-hybridized carbons (Fsp3) is 0.235. The first-order valence-electron chi connectivity index (χ1n) is 6.66. The fourth-order valence-electron chi connectivity index (χ4n) is 2.12. The minimum atomic E-state index is -0.690. The number of amides is 1. The number of hydrogen-bond acceptors (Lipinski definition) is 3. The second-order valence-corrected chi connectivity index (χ2v) is 4.60. The van der Waals surface area contributed by atoms with Gasteiger partial charge < -0.3 is 15.2 Å². The van der Waals surface area contributed by atoms with Gasteiger partial charge in [-0.2, -0.15) is 0 Å². The van der Waals surface area contributed by atoms with Crippen molar-refractivity contribution in [2.45, 2.75) is 19.6 Å². The van der Waals surface area contributed by atoms with E-state index in [1.165, 1.54) is 0 Å². The summed E-state index contributed by atoms with van der Waals surface area (Å²) in [6, 6.07) is 11.4. The minimum absolute atomic E-state index is 0.157. The lowest BCUT2D eigenvalue weighted by molar-refractivity contribution is -0.127. The van der Waals surface area contributed by atoms with E-state index in [-0.39, 0.29) is 19.1 Å². The summed E-state index contributed by atoms with van der Waals surface area (Å²) in [5, 5.41) is 14.1. The van der Waals surface area contributed by atoms with E-state index in [9.17, 15) is 9.90 Å². The molecule has 0 aliphatic heterocycles. The molecule has 0 fully saturated rings. The van der Waals surface area contributed by atoms with Gasteiger partial charge in [0, 0.05) is 5.56 Å². The number of fused-ring (bicyclic) bond motifs is 1. The number of rotatable bonds is 5. The molecular formula is C17H17NO3. The number of terminal acetylenes is 1. The van der Waals surface area contributed by atoms with Crippen LogP contribution in [-0.4, -0.2) is 23.7 Å². The molecule has 0 heterocycles. The molecule has 0 radical (unpaired) electrons. The van der Waals surface area contributed by atoms with Gasteiger partial charge in [-0.25, -0.2) is 0 Å². The van der Waals surface area contributed by atoms with Crippen LogP contribution in [-0.2, 0) is 11.4 Å². The number of carbonyl (C=O) groups excluding carboxylic acids is 1. The number of benzene rings is 2. The molecule has 0 bridgehead atoms. The van der Waals surface area contributed by atoms with Crippen LogP contribution in [0.2, 0.25) is 0 Å². The fourth-order valence-corrected chi connectivity index (χ4v) is 2.12. The second-order valence-electron chi connectivity index (χ2n) is 4.60. The predicted octanol–water partition coefficient (Wildman–Crippen LogP) is 1.85. The molecular weight excluding hydrogens is 266 g/mol. The number of hydrogen-bond donors (Lipinski definition) is 2. The van der Waals surface area contributed by atoms with Crippen LogP contribution in [0.3, 0.4) is 0 Å². The van der Waals surface area contributed by atoms with Crippen LogP contribution in [0.4, 0.5) is 0 Å². The molecule has 4 heteroatoms. The van der Waals surface area contributed by atoms with E-state index >= 15 is 0 Å². The van der Waals surface area contributed by atoms with Crippen molar-refractivity contribution in [3.05, 3.63) is 42.0 Å². The Hall–Kier alpha value is -2.51. The van der Waals surface area contributed by atoms with Crippen LogP contribution in [0.5, 0.6) is 5.75 Å². The summed E-state index contributed by atoms with van der Waals surface area (Å²) in [6.07, 6.45) is 4.41. The van der Waals surface area contributed by atoms with Crippen molar-refractivity contribution < 1.29 is 14.6 Å². The topological polar surface area (TPSA) is 58.6 Å². The van der Waals surface area contributed by atoms with Gasteiger partial charge in [0.25, 0.3) is 5.91 Å². The highest BCUT2D eigenvalue weighted by Gasteiger charge is 2.16. The molecule has 0 aliphatic carbocycles. The van der Waals surface area contributed by atoms with Gasteiger partial charge in [-0.15, -0.1) is 6.42 Å². The summed E-state index contributed by atoms with van der Waals surface area (Å²) < 4.78 is 5.66. The molecule has 108 valence electrons. The highest BCUT2D eigenvalue weighted by molar-refractivity contribution is 5.88. The largest absolute Gasteiger partial charge is 0.481 e. The second kappa shape index (κ2) is 6.78. The average molecular weight is 283 g/mol. The molecule has 0 spiro atoms. The quantitative estimate of drug-likeness (QED) is 0.823. The van der Waals surface area contributed by atoms with Crippen molar-refractivity contribution in [3.63, 3.8) is 0 Å². The zero-order valence-electron chi connectivity index (χ0n) is 11.8. The Kier molecular flexibility index (Phi) is 4.81. The van der Waals surface area contributed by atoms with Gasteiger partial charge in [0.2, 0.25) is 0 Å². The highest BCUT2D eigenvalue weighted by atomic mass is 16.5. The Balaban J connectivity index is 2.26. The Bertz CT molecular complexity index is 688. The van der Waals surface area contributed by atoms with E-state index in [4.69, 9.17) is 11.2 Å². The summed E-state index contributed by atoms with van der Waals surface area (Å²) in [7, 11) is 0. The zero-order chi connectivity index (χ0) is 15.2. The summed E-state index contributed by atoms with van der Waals surface area (Å²) in [5.41, 5.74) is 0.671. The highest BCUT2D eigenvalue weighted by Crippen LogP contribution is 2.28. The molecule has 2 aromatic carbocycles. The SMILES string of the molecule is C#CCNC(=O)C(C)Oc1ccc2ccccc2c1CO. The van der Waals surface area contributed by atoms with Gasteiger partial charge >= 0.3 is 0 Å². The third kappa shape index (κ3) is 3.33. The Morgan fingerprint density at radius 1 is 1.38 bits per heavy atom. The maximum atomic E-state index is 11.8. The lowest BCUT2D eigenvalue weighted by atomic mass is 10.0. The number of ether oxygens (including phenoxy) is 1. The maximum Gasteiger partial charge on any atom is 0.261 e. The molecule has 1 atom stereocenters.